The summed E-state index contributed by atoms with van der Waals surface area (Å²) in [5, 5.41) is 2.57. The Kier molecular flexibility index (Phi) is 5.30. The Labute approximate surface area is 241 Å². The van der Waals surface area contributed by atoms with Crippen LogP contribution in [0.4, 0.5) is 0 Å². The fourth-order valence-electron chi connectivity index (χ4n) is 7.13. The number of fused-ring (bicyclic) bond motifs is 6. The molecule has 0 fully saturated rings. The van der Waals surface area contributed by atoms with Crippen LogP contribution in [0.2, 0.25) is 0 Å². The highest BCUT2D eigenvalue weighted by Gasteiger charge is 2.36. The van der Waals surface area contributed by atoms with Gasteiger partial charge in [0.25, 0.3) is 0 Å². The van der Waals surface area contributed by atoms with Crippen molar-refractivity contribution in [1.82, 2.24) is 4.57 Å². The lowest BCUT2D eigenvalue weighted by molar-refractivity contribution is 0.660. The van der Waals surface area contributed by atoms with E-state index in [0.717, 1.165) is 6.42 Å². The fraction of sp³-hybridized carbons (Fsp3) is 0.100. The van der Waals surface area contributed by atoms with Crippen molar-refractivity contribution in [2.45, 2.75) is 25.7 Å². The second-order valence-corrected chi connectivity index (χ2v) is 11.8. The first-order valence-corrected chi connectivity index (χ1v) is 14.5. The summed E-state index contributed by atoms with van der Waals surface area (Å²) >= 11 is 0. The Balaban J connectivity index is 1.28. The van der Waals surface area contributed by atoms with E-state index in [1.807, 2.05) is 0 Å². The van der Waals surface area contributed by atoms with Gasteiger partial charge in [0.2, 0.25) is 0 Å². The third kappa shape index (κ3) is 3.62. The number of hydrogen-bond acceptors (Lipinski definition) is 0. The number of benzene rings is 6. The van der Waals surface area contributed by atoms with E-state index in [1.165, 1.54) is 72.0 Å². The average Bonchev–Trinajstić information content (AvgIpc) is 3.47. The van der Waals surface area contributed by atoms with Crippen molar-refractivity contribution in [2.24, 2.45) is 0 Å². The van der Waals surface area contributed by atoms with E-state index in [4.69, 9.17) is 0 Å². The Hall–Kier alpha value is -4.88. The maximum Gasteiger partial charge on any atom is 0.0541 e. The molecule has 1 heteroatoms. The fourth-order valence-corrected chi connectivity index (χ4v) is 7.13. The number of nitrogens with zero attached hydrogens (tertiary/aromatic N) is 1. The molecule has 1 aliphatic rings. The molecule has 1 aromatic heterocycles. The molecular formula is C40H31N. The van der Waals surface area contributed by atoms with Crippen LogP contribution < -0.4 is 0 Å². The third-order valence-electron chi connectivity index (χ3n) is 9.09. The molecule has 0 spiro atoms. The molecule has 0 radical (unpaired) electrons. The SMILES string of the molecule is CC1(C)c2ccccc2-c2c(Cc3ccccc3-c3ccc4c(c3)c3ccccc3n4-c3ccccc3)cccc21. The highest BCUT2D eigenvalue weighted by atomic mass is 15.0. The van der Waals surface area contributed by atoms with Gasteiger partial charge >= 0.3 is 0 Å². The lowest BCUT2D eigenvalue weighted by atomic mass is 9.82. The van der Waals surface area contributed by atoms with Crippen LogP contribution >= 0.6 is 0 Å². The van der Waals surface area contributed by atoms with Crippen LogP contribution in [0.25, 0.3) is 49.7 Å². The first-order chi connectivity index (χ1) is 20.1. The number of hydrogen-bond donors (Lipinski definition) is 0. The predicted octanol–water partition coefficient (Wildman–Crippen LogP) is 10.3. The number of aromatic nitrogens is 1. The van der Waals surface area contributed by atoms with Gasteiger partial charge in [0, 0.05) is 21.9 Å². The highest BCUT2D eigenvalue weighted by Crippen LogP contribution is 2.50. The molecule has 0 aliphatic heterocycles. The van der Waals surface area contributed by atoms with Gasteiger partial charge in [-0.15, -0.1) is 0 Å². The summed E-state index contributed by atoms with van der Waals surface area (Å²) in [6.07, 6.45) is 0.896. The minimum Gasteiger partial charge on any atom is -0.309 e. The maximum atomic E-state index is 2.39. The van der Waals surface area contributed by atoms with Crippen molar-refractivity contribution < 1.29 is 0 Å². The molecule has 1 heterocycles. The largest absolute Gasteiger partial charge is 0.309 e. The summed E-state index contributed by atoms with van der Waals surface area (Å²) in [5.41, 5.74) is 14.7. The molecule has 7 aromatic rings. The normalized spacial score (nSPS) is 13.4. The Bertz CT molecular complexity index is 2090. The minimum absolute atomic E-state index is 0.0134. The number of rotatable bonds is 4. The molecule has 0 unspecified atom stereocenters. The van der Waals surface area contributed by atoms with Crippen molar-refractivity contribution in [3.63, 3.8) is 0 Å². The van der Waals surface area contributed by atoms with Gasteiger partial charge in [-0.05, 0) is 81.3 Å². The molecule has 1 aliphatic carbocycles. The zero-order chi connectivity index (χ0) is 27.6. The molecular weight excluding hydrogens is 494 g/mol. The van der Waals surface area contributed by atoms with Crippen LogP contribution in [0.3, 0.4) is 0 Å². The lowest BCUT2D eigenvalue weighted by Gasteiger charge is -2.21. The first kappa shape index (κ1) is 24.0. The van der Waals surface area contributed by atoms with E-state index >= 15 is 0 Å². The summed E-state index contributed by atoms with van der Waals surface area (Å²) < 4.78 is 2.38. The quantitative estimate of drug-likeness (QED) is 0.215. The van der Waals surface area contributed by atoms with Gasteiger partial charge in [0.1, 0.15) is 0 Å². The van der Waals surface area contributed by atoms with Gasteiger partial charge in [-0.1, -0.05) is 123 Å². The first-order valence-electron chi connectivity index (χ1n) is 14.5. The molecule has 6 aromatic carbocycles. The van der Waals surface area contributed by atoms with Gasteiger partial charge < -0.3 is 4.57 Å². The topological polar surface area (TPSA) is 4.93 Å². The predicted molar refractivity (Wildman–Crippen MR) is 173 cm³/mol. The second kappa shape index (κ2) is 9.08. The molecule has 0 saturated carbocycles. The number of para-hydroxylation sites is 2. The van der Waals surface area contributed by atoms with Crippen molar-refractivity contribution in [1.29, 1.82) is 0 Å². The Morgan fingerprint density at radius 1 is 0.512 bits per heavy atom. The molecule has 0 N–H and O–H groups in total. The summed E-state index contributed by atoms with van der Waals surface area (Å²) in [6, 6.07) is 51.2. The lowest BCUT2D eigenvalue weighted by Crippen LogP contribution is -2.14. The summed E-state index contributed by atoms with van der Waals surface area (Å²) in [6.45, 7) is 4.72. The van der Waals surface area contributed by atoms with Crippen molar-refractivity contribution >= 4 is 21.8 Å². The van der Waals surface area contributed by atoms with Crippen LogP contribution in [-0.4, -0.2) is 4.57 Å². The Morgan fingerprint density at radius 3 is 2.05 bits per heavy atom. The zero-order valence-electron chi connectivity index (χ0n) is 23.4. The van der Waals surface area contributed by atoms with Crippen molar-refractivity contribution in [2.75, 3.05) is 0 Å². The molecule has 0 atom stereocenters. The molecule has 0 bridgehead atoms. The average molecular weight is 526 g/mol. The van der Waals surface area contributed by atoms with Crippen molar-refractivity contribution in [3.8, 4) is 27.9 Å². The van der Waals surface area contributed by atoms with E-state index < -0.39 is 0 Å². The third-order valence-corrected chi connectivity index (χ3v) is 9.09. The van der Waals surface area contributed by atoms with Crippen LogP contribution in [0.5, 0.6) is 0 Å². The molecule has 0 saturated heterocycles. The van der Waals surface area contributed by atoms with E-state index in [0.29, 0.717) is 0 Å². The molecule has 196 valence electrons. The molecule has 0 amide bonds. The summed E-state index contributed by atoms with van der Waals surface area (Å²) in [5.74, 6) is 0. The monoisotopic (exact) mass is 525 g/mol. The molecule has 41 heavy (non-hydrogen) atoms. The van der Waals surface area contributed by atoms with E-state index in [9.17, 15) is 0 Å². The van der Waals surface area contributed by atoms with E-state index in [2.05, 4.69) is 158 Å². The van der Waals surface area contributed by atoms with E-state index in [1.54, 1.807) is 0 Å². The van der Waals surface area contributed by atoms with Gasteiger partial charge in [-0.2, -0.15) is 0 Å². The molecule has 1 nitrogen and oxygen atoms in total. The highest BCUT2D eigenvalue weighted by molar-refractivity contribution is 6.10. The maximum absolute atomic E-state index is 2.39. The summed E-state index contributed by atoms with van der Waals surface area (Å²) in [4.78, 5) is 0. The van der Waals surface area contributed by atoms with Crippen molar-refractivity contribution in [3.05, 3.63) is 162 Å². The van der Waals surface area contributed by atoms with E-state index in [-0.39, 0.29) is 5.41 Å². The van der Waals surface area contributed by atoms with Gasteiger partial charge in [0.05, 0.1) is 11.0 Å². The van der Waals surface area contributed by atoms with Crippen LogP contribution in [0.15, 0.2) is 140 Å². The summed E-state index contributed by atoms with van der Waals surface area (Å²) in [7, 11) is 0. The minimum atomic E-state index is 0.0134. The Morgan fingerprint density at radius 2 is 1.17 bits per heavy atom. The van der Waals surface area contributed by atoms with Crippen LogP contribution in [0, 0.1) is 0 Å². The van der Waals surface area contributed by atoms with Gasteiger partial charge in [-0.3, -0.25) is 0 Å². The second-order valence-electron chi connectivity index (χ2n) is 11.8. The van der Waals surface area contributed by atoms with Crippen LogP contribution in [0.1, 0.15) is 36.1 Å². The zero-order valence-corrected chi connectivity index (χ0v) is 23.4. The van der Waals surface area contributed by atoms with Gasteiger partial charge in [0.15, 0.2) is 0 Å². The van der Waals surface area contributed by atoms with Gasteiger partial charge in [-0.25, -0.2) is 0 Å². The standard InChI is InChI=1S/C40H31N/c1-40(2)35-20-10-8-19-33(35)39-29(14-12-21-36(39)40)25-27-13-6-7-17-31(27)28-23-24-38-34(26-28)32-18-9-11-22-37(32)41(38)30-15-4-3-5-16-30/h3-24,26H,25H2,1-2H3. The molecule has 8 rings (SSSR count). The smallest absolute Gasteiger partial charge is 0.0541 e. The van der Waals surface area contributed by atoms with Crippen LogP contribution in [-0.2, 0) is 11.8 Å².